The van der Waals surface area contributed by atoms with Crippen LogP contribution in [-0.4, -0.2) is 10.8 Å². The molecule has 0 amide bonds. The van der Waals surface area contributed by atoms with Crippen molar-refractivity contribution < 1.29 is 13.6 Å². The molecule has 1 aromatic heterocycles. The van der Waals surface area contributed by atoms with Gasteiger partial charge in [-0.2, -0.15) is 0 Å². The van der Waals surface area contributed by atoms with E-state index in [1.54, 1.807) is 6.07 Å². The summed E-state index contributed by atoms with van der Waals surface area (Å²) in [5.74, 6) is -1.14. The number of aromatic amines is 1. The number of rotatable bonds is 2. The molecular formula is C15H8BrF2NO. The summed E-state index contributed by atoms with van der Waals surface area (Å²) in [6.45, 7) is 0. The molecule has 3 rings (SSSR count). The van der Waals surface area contributed by atoms with Gasteiger partial charge in [-0.3, -0.25) is 4.79 Å². The number of fused-ring (bicyclic) bond motifs is 1. The average Bonchev–Trinajstić information content (AvgIpc) is 2.84. The van der Waals surface area contributed by atoms with Gasteiger partial charge in [0.05, 0.1) is 4.47 Å². The number of halogens is 3. The standard InChI is InChI=1S/C15H8BrF2NO/c16-12-5-8(1-3-13(12)18)15(20)11-7-19-14-4-2-9(17)6-10(11)14/h1-7,19H. The highest BCUT2D eigenvalue weighted by Gasteiger charge is 2.15. The Hall–Kier alpha value is -2.01. The molecule has 100 valence electrons. The lowest BCUT2D eigenvalue weighted by Crippen LogP contribution is -2.01. The average molecular weight is 336 g/mol. The van der Waals surface area contributed by atoms with Crippen LogP contribution in [0.4, 0.5) is 8.78 Å². The molecule has 0 radical (unpaired) electrons. The molecule has 1 N–H and O–H groups in total. The normalized spacial score (nSPS) is 10.9. The minimum Gasteiger partial charge on any atom is -0.360 e. The van der Waals surface area contributed by atoms with Crippen LogP contribution in [0.5, 0.6) is 0 Å². The Morgan fingerprint density at radius 3 is 2.65 bits per heavy atom. The first-order chi connectivity index (χ1) is 9.56. The van der Waals surface area contributed by atoms with E-state index in [4.69, 9.17) is 0 Å². The van der Waals surface area contributed by atoms with E-state index in [0.29, 0.717) is 22.0 Å². The molecule has 0 atom stereocenters. The molecule has 0 saturated carbocycles. The topological polar surface area (TPSA) is 32.9 Å². The van der Waals surface area contributed by atoms with Crippen molar-refractivity contribution in [1.82, 2.24) is 4.98 Å². The fourth-order valence-corrected chi connectivity index (χ4v) is 2.45. The van der Waals surface area contributed by atoms with E-state index in [9.17, 15) is 13.6 Å². The van der Waals surface area contributed by atoms with Crippen LogP contribution in [0.15, 0.2) is 47.1 Å². The van der Waals surface area contributed by atoms with E-state index in [0.717, 1.165) is 0 Å². The molecule has 0 fully saturated rings. The van der Waals surface area contributed by atoms with Crippen LogP contribution >= 0.6 is 15.9 Å². The van der Waals surface area contributed by atoms with Gasteiger partial charge < -0.3 is 4.98 Å². The Bertz CT molecular complexity index is 826. The zero-order valence-corrected chi connectivity index (χ0v) is 11.7. The predicted octanol–water partition coefficient (Wildman–Crippen LogP) is 4.44. The lowest BCUT2D eigenvalue weighted by Gasteiger charge is -2.02. The summed E-state index contributed by atoms with van der Waals surface area (Å²) in [7, 11) is 0. The van der Waals surface area contributed by atoms with Crippen LogP contribution in [0.25, 0.3) is 10.9 Å². The summed E-state index contributed by atoms with van der Waals surface area (Å²) in [5.41, 5.74) is 1.37. The van der Waals surface area contributed by atoms with Crippen LogP contribution in [0.1, 0.15) is 15.9 Å². The fourth-order valence-electron chi connectivity index (χ4n) is 2.07. The summed E-state index contributed by atoms with van der Waals surface area (Å²) >= 11 is 3.04. The van der Waals surface area contributed by atoms with Crippen molar-refractivity contribution in [3.63, 3.8) is 0 Å². The van der Waals surface area contributed by atoms with E-state index < -0.39 is 11.6 Å². The maximum atomic E-state index is 13.3. The summed E-state index contributed by atoms with van der Waals surface area (Å²) in [6, 6.07) is 8.23. The van der Waals surface area contributed by atoms with Gasteiger partial charge >= 0.3 is 0 Å². The zero-order valence-electron chi connectivity index (χ0n) is 10.1. The SMILES string of the molecule is O=C(c1ccc(F)c(Br)c1)c1c[nH]c2ccc(F)cc12. The summed E-state index contributed by atoms with van der Waals surface area (Å²) in [4.78, 5) is 15.3. The summed E-state index contributed by atoms with van der Waals surface area (Å²) in [5, 5.41) is 0.510. The van der Waals surface area contributed by atoms with Crippen molar-refractivity contribution in [2.24, 2.45) is 0 Å². The molecule has 5 heteroatoms. The second-order valence-electron chi connectivity index (χ2n) is 4.35. The van der Waals surface area contributed by atoms with E-state index in [1.807, 2.05) is 0 Å². The first kappa shape index (κ1) is 13.0. The third-order valence-electron chi connectivity index (χ3n) is 3.07. The summed E-state index contributed by atoms with van der Waals surface area (Å²) < 4.78 is 26.7. The Morgan fingerprint density at radius 1 is 1.10 bits per heavy atom. The van der Waals surface area contributed by atoms with Gasteiger partial charge in [-0.25, -0.2) is 8.78 Å². The van der Waals surface area contributed by atoms with Crippen LogP contribution < -0.4 is 0 Å². The van der Waals surface area contributed by atoms with Crippen molar-refractivity contribution in [2.45, 2.75) is 0 Å². The Labute approximate surface area is 121 Å². The van der Waals surface area contributed by atoms with Crippen molar-refractivity contribution in [3.8, 4) is 0 Å². The molecule has 2 aromatic carbocycles. The summed E-state index contributed by atoms with van der Waals surface area (Å²) in [6.07, 6.45) is 1.53. The third-order valence-corrected chi connectivity index (χ3v) is 3.68. The van der Waals surface area contributed by atoms with Gasteiger partial charge in [-0.05, 0) is 52.3 Å². The van der Waals surface area contributed by atoms with Gasteiger partial charge in [0.1, 0.15) is 11.6 Å². The smallest absolute Gasteiger partial charge is 0.195 e. The minimum atomic E-state index is -0.438. The Kier molecular flexibility index (Phi) is 3.14. The highest BCUT2D eigenvalue weighted by Crippen LogP contribution is 2.24. The van der Waals surface area contributed by atoms with Crippen LogP contribution in [0.2, 0.25) is 0 Å². The monoisotopic (exact) mass is 335 g/mol. The number of nitrogens with one attached hydrogen (secondary N) is 1. The first-order valence-corrected chi connectivity index (χ1v) is 6.62. The largest absolute Gasteiger partial charge is 0.360 e. The van der Waals surface area contributed by atoms with E-state index >= 15 is 0 Å². The third kappa shape index (κ3) is 2.14. The predicted molar refractivity (Wildman–Crippen MR) is 75.8 cm³/mol. The van der Waals surface area contributed by atoms with Crippen LogP contribution in [0.3, 0.4) is 0 Å². The lowest BCUT2D eigenvalue weighted by molar-refractivity contribution is 0.104. The molecule has 0 spiro atoms. The molecular weight excluding hydrogens is 328 g/mol. The van der Waals surface area contributed by atoms with Crippen molar-refractivity contribution in [1.29, 1.82) is 0 Å². The van der Waals surface area contributed by atoms with Crippen molar-refractivity contribution in [2.75, 3.05) is 0 Å². The first-order valence-electron chi connectivity index (χ1n) is 5.82. The number of H-pyrrole nitrogens is 1. The van der Waals surface area contributed by atoms with Crippen molar-refractivity contribution >= 4 is 32.6 Å². The Balaban J connectivity index is 2.12. The van der Waals surface area contributed by atoms with Gasteiger partial charge in [0.2, 0.25) is 0 Å². The van der Waals surface area contributed by atoms with Crippen LogP contribution in [0, 0.1) is 11.6 Å². The zero-order chi connectivity index (χ0) is 14.3. The number of carbonyl (C=O) groups is 1. The number of aromatic nitrogens is 1. The molecule has 1 heterocycles. The molecule has 0 aliphatic heterocycles. The number of carbonyl (C=O) groups excluding carboxylic acids is 1. The minimum absolute atomic E-state index is 0.217. The fraction of sp³-hybridized carbons (Fsp3) is 0. The highest BCUT2D eigenvalue weighted by molar-refractivity contribution is 9.10. The number of benzene rings is 2. The second-order valence-corrected chi connectivity index (χ2v) is 5.20. The molecule has 2 nitrogen and oxygen atoms in total. The molecule has 0 saturated heterocycles. The van der Waals surface area contributed by atoms with Gasteiger partial charge in [0.15, 0.2) is 5.78 Å². The molecule has 0 aliphatic carbocycles. The number of hydrogen-bond acceptors (Lipinski definition) is 1. The number of ketones is 1. The molecule has 0 unspecified atom stereocenters. The van der Waals surface area contributed by atoms with E-state index in [2.05, 4.69) is 20.9 Å². The van der Waals surface area contributed by atoms with Crippen molar-refractivity contribution in [3.05, 3.63) is 69.8 Å². The number of hydrogen-bond donors (Lipinski definition) is 1. The quantitative estimate of drug-likeness (QED) is 0.690. The molecule has 0 bridgehead atoms. The molecule has 20 heavy (non-hydrogen) atoms. The van der Waals surface area contributed by atoms with E-state index in [-0.39, 0.29) is 10.3 Å². The second kappa shape index (κ2) is 4.83. The highest BCUT2D eigenvalue weighted by atomic mass is 79.9. The van der Waals surface area contributed by atoms with Gasteiger partial charge in [0.25, 0.3) is 0 Å². The molecule has 3 aromatic rings. The maximum Gasteiger partial charge on any atom is 0.195 e. The molecule has 0 aliphatic rings. The lowest BCUT2D eigenvalue weighted by atomic mass is 10.0. The maximum absolute atomic E-state index is 13.3. The van der Waals surface area contributed by atoms with Crippen LogP contribution in [-0.2, 0) is 0 Å². The Morgan fingerprint density at radius 2 is 1.90 bits per heavy atom. The van der Waals surface area contributed by atoms with Gasteiger partial charge in [0, 0.05) is 28.2 Å². The van der Waals surface area contributed by atoms with Gasteiger partial charge in [-0.1, -0.05) is 0 Å². The van der Waals surface area contributed by atoms with Gasteiger partial charge in [-0.15, -0.1) is 0 Å². The van der Waals surface area contributed by atoms with E-state index in [1.165, 1.54) is 36.5 Å².